The van der Waals surface area contributed by atoms with Gasteiger partial charge in [-0.2, -0.15) is 0 Å². The summed E-state index contributed by atoms with van der Waals surface area (Å²) in [7, 11) is 0. The van der Waals surface area contributed by atoms with Gasteiger partial charge in [-0.3, -0.25) is 0 Å². The van der Waals surface area contributed by atoms with E-state index in [0.29, 0.717) is 0 Å². The molecular weight excluding hydrogens is 245 g/mol. The van der Waals surface area contributed by atoms with Gasteiger partial charge < -0.3 is 10.0 Å². The first kappa shape index (κ1) is 12.1. The summed E-state index contributed by atoms with van der Waals surface area (Å²) in [5.74, 6) is -9.94. The Morgan fingerprint density at radius 1 is 0.882 bits per heavy atom. The summed E-state index contributed by atoms with van der Waals surface area (Å²) in [5.41, 5.74) is -0.925. The molecule has 2 nitrogen and oxygen atoms in total. The molecule has 0 aliphatic carbocycles. The lowest BCUT2D eigenvalue weighted by Gasteiger charge is -2.40. The molecule has 0 unspecified atom stereocenters. The van der Waals surface area contributed by atoms with Gasteiger partial charge in [-0.05, 0) is 0 Å². The smallest absolute Gasteiger partial charge is 0.200 e. The molecular formula is C10H8F5NO. The largest absolute Gasteiger partial charge is 0.396 e. The highest BCUT2D eigenvalue weighted by atomic mass is 19.2. The third kappa shape index (κ3) is 1.74. The van der Waals surface area contributed by atoms with Crippen LogP contribution in [0.3, 0.4) is 0 Å². The van der Waals surface area contributed by atoms with E-state index < -0.39 is 34.8 Å². The molecule has 1 fully saturated rings. The highest BCUT2D eigenvalue weighted by Gasteiger charge is 2.35. The Hall–Kier alpha value is -1.37. The topological polar surface area (TPSA) is 23.5 Å². The van der Waals surface area contributed by atoms with Crippen LogP contribution in [0.1, 0.15) is 0 Å². The maximum Gasteiger partial charge on any atom is 0.200 e. The van der Waals surface area contributed by atoms with Gasteiger partial charge in [0.2, 0.25) is 5.82 Å². The second kappa shape index (κ2) is 4.14. The summed E-state index contributed by atoms with van der Waals surface area (Å²) in [5, 5.41) is 8.72. The average molecular weight is 253 g/mol. The van der Waals surface area contributed by atoms with E-state index in [9.17, 15) is 22.0 Å². The number of anilines is 1. The zero-order valence-electron chi connectivity index (χ0n) is 8.48. The van der Waals surface area contributed by atoms with Gasteiger partial charge in [0.15, 0.2) is 23.3 Å². The molecule has 0 bridgehead atoms. The van der Waals surface area contributed by atoms with Crippen LogP contribution in [0, 0.1) is 35.0 Å². The van der Waals surface area contributed by atoms with Gasteiger partial charge in [-0.1, -0.05) is 0 Å². The predicted octanol–water partition coefficient (Wildman–Crippen LogP) is 1.81. The van der Waals surface area contributed by atoms with E-state index in [1.54, 1.807) is 0 Å². The molecule has 0 saturated carbocycles. The quantitative estimate of drug-likeness (QED) is 0.493. The molecule has 0 aromatic heterocycles. The number of rotatable bonds is 2. The van der Waals surface area contributed by atoms with Crippen molar-refractivity contribution in [2.75, 3.05) is 24.6 Å². The molecule has 1 aliphatic rings. The van der Waals surface area contributed by atoms with Crippen LogP contribution in [0.15, 0.2) is 0 Å². The zero-order valence-corrected chi connectivity index (χ0v) is 8.48. The number of halogens is 5. The second-order valence-electron chi connectivity index (χ2n) is 3.87. The summed E-state index contributed by atoms with van der Waals surface area (Å²) in [6, 6.07) is 0. The van der Waals surface area contributed by atoms with Crippen molar-refractivity contribution < 1.29 is 27.1 Å². The summed E-state index contributed by atoms with van der Waals surface area (Å²) in [6.07, 6.45) is 0. The van der Waals surface area contributed by atoms with Gasteiger partial charge in [0, 0.05) is 25.6 Å². The first-order valence-electron chi connectivity index (χ1n) is 4.84. The Morgan fingerprint density at radius 2 is 1.29 bits per heavy atom. The predicted molar refractivity (Wildman–Crippen MR) is 49.0 cm³/mol. The monoisotopic (exact) mass is 253 g/mol. The van der Waals surface area contributed by atoms with Crippen molar-refractivity contribution in [2.24, 2.45) is 5.92 Å². The average Bonchev–Trinajstić information content (AvgIpc) is 2.26. The fourth-order valence-electron chi connectivity index (χ4n) is 1.74. The van der Waals surface area contributed by atoms with E-state index in [1.807, 2.05) is 0 Å². The fourth-order valence-corrected chi connectivity index (χ4v) is 1.74. The minimum Gasteiger partial charge on any atom is -0.396 e. The Labute approximate surface area is 93.3 Å². The van der Waals surface area contributed by atoms with Crippen LogP contribution >= 0.6 is 0 Å². The molecule has 1 aromatic rings. The van der Waals surface area contributed by atoms with Crippen molar-refractivity contribution in [3.8, 4) is 0 Å². The van der Waals surface area contributed by atoms with Crippen molar-refractivity contribution in [1.82, 2.24) is 0 Å². The van der Waals surface area contributed by atoms with Crippen LogP contribution in [0.25, 0.3) is 0 Å². The molecule has 17 heavy (non-hydrogen) atoms. The maximum atomic E-state index is 13.3. The maximum absolute atomic E-state index is 13.3. The molecule has 0 atom stereocenters. The van der Waals surface area contributed by atoms with Gasteiger partial charge in [-0.15, -0.1) is 0 Å². The second-order valence-corrected chi connectivity index (χ2v) is 3.87. The number of benzene rings is 1. The standard InChI is InChI=1S/C10H8F5NO/c11-5-6(12)8(14)10(9(15)7(5)13)16-1-4(2-16)3-17/h4,17H,1-3H2. The third-order valence-electron chi connectivity index (χ3n) is 2.72. The van der Waals surface area contributed by atoms with Crippen molar-refractivity contribution in [2.45, 2.75) is 0 Å². The molecule has 0 spiro atoms. The van der Waals surface area contributed by atoms with Crippen LogP contribution in [0.2, 0.25) is 0 Å². The number of aliphatic hydroxyl groups excluding tert-OH is 1. The van der Waals surface area contributed by atoms with E-state index >= 15 is 0 Å². The minimum absolute atomic E-state index is 0.0643. The molecule has 7 heteroatoms. The van der Waals surface area contributed by atoms with Crippen LogP contribution in [0.4, 0.5) is 27.6 Å². The summed E-state index contributed by atoms with van der Waals surface area (Å²) >= 11 is 0. The highest BCUT2D eigenvalue weighted by molar-refractivity contribution is 5.52. The first-order chi connectivity index (χ1) is 7.97. The van der Waals surface area contributed by atoms with Crippen LogP contribution in [0.5, 0.6) is 0 Å². The van der Waals surface area contributed by atoms with Gasteiger partial charge in [-0.25, -0.2) is 22.0 Å². The van der Waals surface area contributed by atoms with Crippen molar-refractivity contribution in [3.63, 3.8) is 0 Å². The van der Waals surface area contributed by atoms with E-state index in [-0.39, 0.29) is 25.6 Å². The lowest BCUT2D eigenvalue weighted by atomic mass is 10.00. The molecule has 1 aliphatic heterocycles. The summed E-state index contributed by atoms with van der Waals surface area (Å²) < 4.78 is 65.0. The van der Waals surface area contributed by atoms with Gasteiger partial charge in [0.25, 0.3) is 0 Å². The highest BCUT2D eigenvalue weighted by Crippen LogP contribution is 2.33. The Bertz CT molecular complexity index is 429. The van der Waals surface area contributed by atoms with Crippen molar-refractivity contribution >= 4 is 5.69 Å². The molecule has 1 aromatic carbocycles. The van der Waals surface area contributed by atoms with E-state index in [2.05, 4.69) is 0 Å². The van der Waals surface area contributed by atoms with Gasteiger partial charge in [0.1, 0.15) is 5.69 Å². The lowest BCUT2D eigenvalue weighted by molar-refractivity contribution is 0.198. The summed E-state index contributed by atoms with van der Waals surface area (Å²) in [4.78, 5) is 1.01. The molecule has 1 heterocycles. The molecule has 1 N–H and O–H groups in total. The van der Waals surface area contributed by atoms with Crippen molar-refractivity contribution in [1.29, 1.82) is 0 Å². The van der Waals surface area contributed by atoms with Crippen molar-refractivity contribution in [3.05, 3.63) is 29.1 Å². The number of aliphatic hydroxyl groups is 1. The van der Waals surface area contributed by atoms with E-state index in [4.69, 9.17) is 5.11 Å². The Kier molecular flexibility index (Phi) is 2.94. The molecule has 0 amide bonds. The normalized spacial score (nSPS) is 16.2. The first-order valence-corrected chi connectivity index (χ1v) is 4.84. The molecule has 0 radical (unpaired) electrons. The van der Waals surface area contributed by atoms with Crippen LogP contribution < -0.4 is 4.90 Å². The van der Waals surface area contributed by atoms with E-state index in [0.717, 1.165) is 4.90 Å². The molecule has 2 rings (SSSR count). The Balaban J connectivity index is 2.41. The van der Waals surface area contributed by atoms with E-state index in [1.165, 1.54) is 0 Å². The van der Waals surface area contributed by atoms with Gasteiger partial charge >= 0.3 is 0 Å². The number of hydrogen-bond acceptors (Lipinski definition) is 2. The SMILES string of the molecule is OCC1CN(c2c(F)c(F)c(F)c(F)c2F)C1. The van der Waals surface area contributed by atoms with Crippen LogP contribution in [-0.2, 0) is 0 Å². The van der Waals surface area contributed by atoms with Gasteiger partial charge in [0.05, 0.1) is 0 Å². The lowest BCUT2D eigenvalue weighted by Crippen LogP contribution is -2.49. The molecule has 94 valence electrons. The Morgan fingerprint density at radius 3 is 1.71 bits per heavy atom. The number of nitrogens with zero attached hydrogens (tertiary/aromatic N) is 1. The van der Waals surface area contributed by atoms with Crippen LogP contribution in [-0.4, -0.2) is 24.8 Å². The minimum atomic E-state index is -2.16. The number of hydrogen-bond donors (Lipinski definition) is 1. The third-order valence-corrected chi connectivity index (χ3v) is 2.72. The molecule has 1 saturated heterocycles. The summed E-state index contributed by atoms with van der Waals surface area (Å²) in [6.45, 7) is -0.0599. The zero-order chi connectivity index (χ0) is 12.7. The fraction of sp³-hybridized carbons (Fsp3) is 0.400.